The summed E-state index contributed by atoms with van der Waals surface area (Å²) < 4.78 is 0. The minimum atomic E-state index is -0.750. The molecule has 1 aromatic rings. The molecule has 0 fully saturated rings. The Morgan fingerprint density at radius 2 is 1.88 bits per heavy atom. The molecule has 1 aromatic heterocycles. The van der Waals surface area contributed by atoms with Crippen LogP contribution in [0.15, 0.2) is 18.5 Å². The van der Waals surface area contributed by atoms with Crippen LogP contribution in [0.3, 0.4) is 0 Å². The molecule has 1 heterocycles. The van der Waals surface area contributed by atoms with Crippen LogP contribution in [-0.2, 0) is 0 Å². The van der Waals surface area contributed by atoms with E-state index in [1.807, 2.05) is 0 Å². The summed E-state index contributed by atoms with van der Waals surface area (Å²) >= 11 is 0. The van der Waals surface area contributed by atoms with Crippen LogP contribution in [0.2, 0.25) is 0 Å². The van der Waals surface area contributed by atoms with Crippen LogP contribution in [-0.4, -0.2) is 46.3 Å². The second-order valence-corrected chi connectivity index (χ2v) is 3.36. The summed E-state index contributed by atoms with van der Waals surface area (Å²) in [6.07, 6.45) is 2.50. The van der Waals surface area contributed by atoms with E-state index in [-0.39, 0.29) is 24.3 Å². The first-order valence-electron chi connectivity index (χ1n) is 4.86. The largest absolute Gasteiger partial charge is 0.394 e. The zero-order valence-corrected chi connectivity index (χ0v) is 8.96. The molecule has 0 saturated heterocycles. The maximum Gasteiger partial charge on any atom is 0.253 e. The van der Waals surface area contributed by atoms with Gasteiger partial charge in [-0.05, 0) is 6.07 Å². The topological polar surface area (TPSA) is 126 Å². The first kappa shape index (κ1) is 13.1. The Bertz CT molecular complexity index is 418. The number of nitrogens with two attached hydrogens (primary N) is 1. The monoisotopic (exact) mass is 239 g/mol. The number of amides is 2. The number of aromatic nitrogens is 1. The molecule has 0 radical (unpaired) electrons. The van der Waals surface area contributed by atoms with Crippen molar-refractivity contribution in [2.24, 2.45) is 5.73 Å². The molecule has 0 aromatic carbocycles. The number of aliphatic hydroxyl groups excluding tert-OH is 2. The molecular formula is C10H13N3O4. The van der Waals surface area contributed by atoms with Gasteiger partial charge in [0.1, 0.15) is 0 Å². The fraction of sp³-hybridized carbons (Fsp3) is 0.300. The van der Waals surface area contributed by atoms with E-state index in [1.165, 1.54) is 18.5 Å². The van der Waals surface area contributed by atoms with Crippen LogP contribution < -0.4 is 11.1 Å². The van der Waals surface area contributed by atoms with Crippen molar-refractivity contribution in [1.82, 2.24) is 10.3 Å². The van der Waals surface area contributed by atoms with Crippen molar-refractivity contribution in [3.63, 3.8) is 0 Å². The molecule has 17 heavy (non-hydrogen) atoms. The quantitative estimate of drug-likeness (QED) is 0.485. The number of nitrogens with zero attached hydrogens (tertiary/aromatic N) is 1. The highest BCUT2D eigenvalue weighted by atomic mass is 16.3. The molecule has 5 N–H and O–H groups in total. The summed E-state index contributed by atoms with van der Waals surface area (Å²) in [5, 5.41) is 20.0. The lowest BCUT2D eigenvalue weighted by Crippen LogP contribution is -2.40. The number of primary amides is 1. The molecule has 0 bridgehead atoms. The highest BCUT2D eigenvalue weighted by molar-refractivity contribution is 5.98. The maximum atomic E-state index is 11.6. The summed E-state index contributed by atoms with van der Waals surface area (Å²) in [7, 11) is 0. The van der Waals surface area contributed by atoms with Crippen molar-refractivity contribution >= 4 is 11.8 Å². The second-order valence-electron chi connectivity index (χ2n) is 3.36. The van der Waals surface area contributed by atoms with Crippen LogP contribution in [0.1, 0.15) is 20.7 Å². The average molecular weight is 239 g/mol. The Kier molecular flexibility index (Phi) is 4.56. The summed E-state index contributed by atoms with van der Waals surface area (Å²) in [5.41, 5.74) is 5.29. The molecule has 1 rings (SSSR count). The normalized spacial score (nSPS) is 10.3. The molecule has 0 aliphatic carbocycles. The van der Waals surface area contributed by atoms with E-state index < -0.39 is 17.9 Å². The van der Waals surface area contributed by atoms with Gasteiger partial charge in [0.05, 0.1) is 30.4 Å². The SMILES string of the molecule is NC(=O)c1cncc(C(=O)NC(CO)CO)c1. The van der Waals surface area contributed by atoms with E-state index in [1.54, 1.807) is 0 Å². The van der Waals surface area contributed by atoms with Crippen molar-refractivity contribution in [2.75, 3.05) is 13.2 Å². The molecule has 0 aliphatic rings. The third-order valence-electron chi connectivity index (χ3n) is 2.06. The molecule has 7 nitrogen and oxygen atoms in total. The van der Waals surface area contributed by atoms with Gasteiger partial charge >= 0.3 is 0 Å². The number of nitrogens with one attached hydrogen (secondary N) is 1. The van der Waals surface area contributed by atoms with Crippen LogP contribution >= 0.6 is 0 Å². The van der Waals surface area contributed by atoms with Gasteiger partial charge < -0.3 is 21.3 Å². The smallest absolute Gasteiger partial charge is 0.253 e. The number of rotatable bonds is 5. The number of aliphatic hydroxyl groups is 2. The van der Waals surface area contributed by atoms with E-state index >= 15 is 0 Å². The van der Waals surface area contributed by atoms with Crippen molar-refractivity contribution in [1.29, 1.82) is 0 Å². The number of carbonyl (C=O) groups is 2. The highest BCUT2D eigenvalue weighted by Gasteiger charge is 2.13. The summed E-state index contributed by atoms with van der Waals surface area (Å²) in [6.45, 7) is -0.768. The summed E-state index contributed by atoms with van der Waals surface area (Å²) in [5.74, 6) is -1.23. The molecule has 0 unspecified atom stereocenters. The second kappa shape index (κ2) is 5.92. The zero-order chi connectivity index (χ0) is 12.8. The van der Waals surface area contributed by atoms with Crippen LogP contribution in [0.25, 0.3) is 0 Å². The molecule has 0 spiro atoms. The lowest BCUT2D eigenvalue weighted by atomic mass is 10.2. The Hall–Kier alpha value is -1.99. The minimum absolute atomic E-state index is 0.113. The van der Waals surface area contributed by atoms with E-state index in [0.717, 1.165) is 0 Å². The van der Waals surface area contributed by atoms with Gasteiger partial charge in [0.2, 0.25) is 5.91 Å². The van der Waals surface area contributed by atoms with Crippen LogP contribution in [0, 0.1) is 0 Å². The number of hydrogen-bond acceptors (Lipinski definition) is 5. The van der Waals surface area contributed by atoms with Crippen LogP contribution in [0.4, 0.5) is 0 Å². The maximum absolute atomic E-state index is 11.6. The number of carbonyl (C=O) groups excluding carboxylic acids is 2. The van der Waals surface area contributed by atoms with Crippen LogP contribution in [0.5, 0.6) is 0 Å². The van der Waals surface area contributed by atoms with Gasteiger partial charge in [-0.2, -0.15) is 0 Å². The Labute approximate surface area is 97.3 Å². The van der Waals surface area contributed by atoms with Crippen molar-refractivity contribution in [2.45, 2.75) is 6.04 Å². The van der Waals surface area contributed by atoms with Gasteiger partial charge in [0.25, 0.3) is 5.91 Å². The summed E-state index contributed by atoms with van der Waals surface area (Å²) in [4.78, 5) is 26.2. The van der Waals surface area contributed by atoms with E-state index in [0.29, 0.717) is 0 Å². The molecule has 0 aliphatic heterocycles. The number of hydrogen-bond donors (Lipinski definition) is 4. The molecule has 7 heteroatoms. The third kappa shape index (κ3) is 3.51. The lowest BCUT2D eigenvalue weighted by molar-refractivity contribution is 0.0879. The fourth-order valence-corrected chi connectivity index (χ4v) is 1.12. The third-order valence-corrected chi connectivity index (χ3v) is 2.06. The highest BCUT2D eigenvalue weighted by Crippen LogP contribution is 2.02. The first-order chi connectivity index (χ1) is 8.08. The predicted molar refractivity (Wildman–Crippen MR) is 58.2 cm³/mol. The van der Waals surface area contributed by atoms with Gasteiger partial charge in [-0.15, -0.1) is 0 Å². The Balaban J connectivity index is 2.82. The first-order valence-corrected chi connectivity index (χ1v) is 4.86. The minimum Gasteiger partial charge on any atom is -0.394 e. The Morgan fingerprint density at radius 3 is 2.41 bits per heavy atom. The van der Waals surface area contributed by atoms with Gasteiger partial charge in [0, 0.05) is 12.4 Å². The molecule has 0 atom stereocenters. The van der Waals surface area contributed by atoms with Crippen molar-refractivity contribution in [3.8, 4) is 0 Å². The fourth-order valence-electron chi connectivity index (χ4n) is 1.12. The van der Waals surface area contributed by atoms with Crippen molar-refractivity contribution < 1.29 is 19.8 Å². The van der Waals surface area contributed by atoms with Gasteiger partial charge in [0.15, 0.2) is 0 Å². The van der Waals surface area contributed by atoms with Gasteiger partial charge in [-0.3, -0.25) is 14.6 Å². The van der Waals surface area contributed by atoms with E-state index in [9.17, 15) is 9.59 Å². The predicted octanol–water partition coefficient (Wildman–Crippen LogP) is -1.74. The molecule has 92 valence electrons. The van der Waals surface area contributed by atoms with Gasteiger partial charge in [-0.1, -0.05) is 0 Å². The Morgan fingerprint density at radius 1 is 1.29 bits per heavy atom. The standard InChI is InChI=1S/C10H13N3O4/c11-9(16)6-1-7(3-12-2-6)10(17)13-8(4-14)5-15/h1-3,8,14-15H,4-5H2,(H2,11,16)(H,13,17). The van der Waals surface area contributed by atoms with E-state index in [4.69, 9.17) is 15.9 Å². The van der Waals surface area contributed by atoms with E-state index in [2.05, 4.69) is 10.3 Å². The molecular weight excluding hydrogens is 226 g/mol. The number of pyridine rings is 1. The molecule has 0 saturated carbocycles. The van der Waals surface area contributed by atoms with Crippen molar-refractivity contribution in [3.05, 3.63) is 29.6 Å². The molecule has 2 amide bonds. The summed E-state index contributed by atoms with van der Waals surface area (Å²) in [6, 6.07) is 0.538. The average Bonchev–Trinajstić information content (AvgIpc) is 2.35. The zero-order valence-electron chi connectivity index (χ0n) is 8.96. The lowest BCUT2D eigenvalue weighted by Gasteiger charge is -2.13. The van der Waals surface area contributed by atoms with Gasteiger partial charge in [-0.25, -0.2) is 0 Å².